The molecule has 0 bridgehead atoms. The number of phenolic OH excluding ortho intramolecular Hbond substituents is 2. The van der Waals surface area contributed by atoms with Gasteiger partial charge in [-0.1, -0.05) is 74.5 Å². The third-order valence-electron chi connectivity index (χ3n) is 5.63. The molecular formula is C31H28O7. The van der Waals surface area contributed by atoms with E-state index >= 15 is 0 Å². The lowest BCUT2D eigenvalue weighted by molar-refractivity contribution is 0.289. The standard InChI is InChI=1S/C29H22O7.C2H6/c30-22-13-20(11-12-24(22)35-17-19-9-5-2-6-10-19)29-28(33)27(32)26-23(31)14-21(15-25(26)36-29)34-16-18-7-3-1-4-8-18;1-2/h1-15,30-31,33H,16-17H2;1-2H3. The van der Waals surface area contributed by atoms with Crippen molar-refractivity contribution in [1.29, 1.82) is 0 Å². The van der Waals surface area contributed by atoms with Gasteiger partial charge in [0.15, 0.2) is 17.3 Å². The van der Waals surface area contributed by atoms with E-state index in [0.29, 0.717) is 0 Å². The zero-order valence-corrected chi connectivity index (χ0v) is 21.0. The monoisotopic (exact) mass is 512 g/mol. The molecule has 4 aromatic carbocycles. The summed E-state index contributed by atoms with van der Waals surface area (Å²) in [4.78, 5) is 12.8. The summed E-state index contributed by atoms with van der Waals surface area (Å²) in [6.45, 7) is 4.51. The predicted octanol–water partition coefficient (Wildman–Crippen LogP) is 6.76. The van der Waals surface area contributed by atoms with Crippen molar-refractivity contribution in [2.75, 3.05) is 0 Å². The van der Waals surface area contributed by atoms with Crippen LogP contribution in [0, 0.1) is 0 Å². The third kappa shape index (κ3) is 5.73. The summed E-state index contributed by atoms with van der Waals surface area (Å²) < 4.78 is 17.2. The summed E-state index contributed by atoms with van der Waals surface area (Å²) in [5.41, 5.74) is 1.34. The van der Waals surface area contributed by atoms with E-state index in [4.69, 9.17) is 13.9 Å². The van der Waals surface area contributed by atoms with E-state index in [-0.39, 0.29) is 58.5 Å². The molecule has 0 aliphatic heterocycles. The van der Waals surface area contributed by atoms with Crippen molar-refractivity contribution in [3.05, 3.63) is 112 Å². The van der Waals surface area contributed by atoms with Gasteiger partial charge in [0.25, 0.3) is 0 Å². The molecular weight excluding hydrogens is 484 g/mol. The highest BCUT2D eigenvalue weighted by Gasteiger charge is 2.20. The summed E-state index contributed by atoms with van der Waals surface area (Å²) in [5.74, 6) is -0.882. The lowest BCUT2D eigenvalue weighted by Gasteiger charge is -2.12. The molecule has 1 aromatic heterocycles. The van der Waals surface area contributed by atoms with Crippen LogP contribution >= 0.6 is 0 Å². The minimum atomic E-state index is -0.803. The maximum Gasteiger partial charge on any atom is 0.238 e. The number of ether oxygens (including phenoxy) is 2. The van der Waals surface area contributed by atoms with E-state index in [0.717, 1.165) is 11.1 Å². The van der Waals surface area contributed by atoms with Crippen LogP contribution in [0.2, 0.25) is 0 Å². The second-order valence-electron chi connectivity index (χ2n) is 8.16. The minimum Gasteiger partial charge on any atom is -0.507 e. The highest BCUT2D eigenvalue weighted by atomic mass is 16.5. The lowest BCUT2D eigenvalue weighted by Crippen LogP contribution is -2.04. The van der Waals surface area contributed by atoms with Gasteiger partial charge in [0.2, 0.25) is 11.2 Å². The molecule has 3 N–H and O–H groups in total. The molecule has 0 spiro atoms. The molecule has 7 heteroatoms. The number of aromatic hydroxyl groups is 3. The minimum absolute atomic E-state index is 0.0276. The Hall–Kier alpha value is -4.91. The SMILES string of the molecule is CC.O=c1c(O)c(-c2ccc(OCc3ccccc3)c(O)c2)oc2cc(OCc3ccccc3)cc(O)c12. The quantitative estimate of drug-likeness (QED) is 0.221. The Morgan fingerprint density at radius 3 is 1.92 bits per heavy atom. The third-order valence-corrected chi connectivity index (χ3v) is 5.63. The van der Waals surface area contributed by atoms with Crippen LogP contribution in [0.15, 0.2) is 100 Å². The van der Waals surface area contributed by atoms with Crippen molar-refractivity contribution < 1.29 is 29.2 Å². The van der Waals surface area contributed by atoms with Crippen LogP contribution in [0.1, 0.15) is 25.0 Å². The first-order valence-electron chi connectivity index (χ1n) is 12.2. The van der Waals surface area contributed by atoms with Gasteiger partial charge in [0, 0.05) is 17.7 Å². The van der Waals surface area contributed by atoms with E-state index in [2.05, 4.69) is 0 Å². The molecule has 5 rings (SSSR count). The van der Waals surface area contributed by atoms with Gasteiger partial charge >= 0.3 is 0 Å². The molecule has 1 heterocycles. The fraction of sp³-hybridized carbons (Fsp3) is 0.129. The summed E-state index contributed by atoms with van der Waals surface area (Å²) in [7, 11) is 0. The Morgan fingerprint density at radius 2 is 1.32 bits per heavy atom. The van der Waals surface area contributed by atoms with Gasteiger partial charge < -0.3 is 29.2 Å². The molecule has 0 unspecified atom stereocenters. The summed E-state index contributed by atoms with van der Waals surface area (Å²) >= 11 is 0. The van der Waals surface area contributed by atoms with E-state index in [1.165, 1.54) is 24.3 Å². The first-order chi connectivity index (χ1) is 18.5. The van der Waals surface area contributed by atoms with Crippen LogP contribution in [-0.2, 0) is 13.2 Å². The smallest absolute Gasteiger partial charge is 0.238 e. The summed E-state index contributed by atoms with van der Waals surface area (Å²) in [5, 5.41) is 31.3. The molecule has 194 valence electrons. The lowest BCUT2D eigenvalue weighted by atomic mass is 10.1. The fourth-order valence-electron chi connectivity index (χ4n) is 3.80. The Bertz CT molecular complexity index is 1580. The van der Waals surface area contributed by atoms with Crippen molar-refractivity contribution in [1.82, 2.24) is 0 Å². The van der Waals surface area contributed by atoms with Gasteiger partial charge in [-0.05, 0) is 29.3 Å². The van der Waals surface area contributed by atoms with E-state index in [9.17, 15) is 20.1 Å². The molecule has 38 heavy (non-hydrogen) atoms. The van der Waals surface area contributed by atoms with Gasteiger partial charge in [-0.2, -0.15) is 0 Å². The van der Waals surface area contributed by atoms with Gasteiger partial charge in [0.05, 0.1) is 0 Å². The molecule has 0 aliphatic carbocycles. The number of benzene rings is 4. The maximum atomic E-state index is 12.8. The Kier molecular flexibility index (Phi) is 8.18. The molecule has 0 atom stereocenters. The van der Waals surface area contributed by atoms with Crippen molar-refractivity contribution in [3.63, 3.8) is 0 Å². The molecule has 0 saturated heterocycles. The van der Waals surface area contributed by atoms with E-state index < -0.39 is 11.2 Å². The molecule has 7 nitrogen and oxygen atoms in total. The van der Waals surface area contributed by atoms with Crippen LogP contribution in [0.25, 0.3) is 22.3 Å². The number of rotatable bonds is 7. The number of fused-ring (bicyclic) bond motifs is 1. The van der Waals surface area contributed by atoms with Gasteiger partial charge in [-0.3, -0.25) is 4.79 Å². The van der Waals surface area contributed by atoms with Gasteiger partial charge in [0.1, 0.15) is 35.7 Å². The van der Waals surface area contributed by atoms with Gasteiger partial charge in [-0.15, -0.1) is 0 Å². The Balaban J connectivity index is 0.00000164. The van der Waals surface area contributed by atoms with Crippen LogP contribution in [0.4, 0.5) is 0 Å². The number of phenols is 2. The second kappa shape index (κ2) is 11.9. The van der Waals surface area contributed by atoms with Crippen LogP contribution < -0.4 is 14.9 Å². The molecule has 0 radical (unpaired) electrons. The molecule has 0 amide bonds. The highest BCUT2D eigenvalue weighted by Crippen LogP contribution is 2.38. The highest BCUT2D eigenvalue weighted by molar-refractivity contribution is 5.88. The molecule has 0 aliphatic rings. The maximum absolute atomic E-state index is 12.8. The predicted molar refractivity (Wildman–Crippen MR) is 146 cm³/mol. The fourth-order valence-corrected chi connectivity index (χ4v) is 3.80. The van der Waals surface area contributed by atoms with Crippen LogP contribution in [0.3, 0.4) is 0 Å². The average Bonchev–Trinajstić information content (AvgIpc) is 2.95. The summed E-state index contributed by atoms with van der Waals surface area (Å²) in [6.07, 6.45) is 0. The first-order valence-corrected chi connectivity index (χ1v) is 12.2. The zero-order chi connectivity index (χ0) is 27.1. The molecule has 0 saturated carbocycles. The van der Waals surface area contributed by atoms with Crippen molar-refractivity contribution >= 4 is 11.0 Å². The Labute approximate surface area is 219 Å². The van der Waals surface area contributed by atoms with Gasteiger partial charge in [-0.25, -0.2) is 0 Å². The van der Waals surface area contributed by atoms with E-state index in [1.807, 2.05) is 74.5 Å². The van der Waals surface area contributed by atoms with E-state index in [1.54, 1.807) is 6.07 Å². The first kappa shape index (κ1) is 26.2. The topological polar surface area (TPSA) is 109 Å². The second-order valence-corrected chi connectivity index (χ2v) is 8.16. The number of hydrogen-bond acceptors (Lipinski definition) is 7. The molecule has 5 aromatic rings. The average molecular weight is 513 g/mol. The van der Waals surface area contributed by atoms with Crippen molar-refractivity contribution in [2.24, 2.45) is 0 Å². The van der Waals surface area contributed by atoms with Crippen LogP contribution in [0.5, 0.6) is 28.7 Å². The van der Waals surface area contributed by atoms with Crippen molar-refractivity contribution in [3.8, 4) is 40.1 Å². The normalized spacial score (nSPS) is 10.5. The Morgan fingerprint density at radius 1 is 0.711 bits per heavy atom. The molecule has 0 fully saturated rings. The number of hydrogen-bond donors (Lipinski definition) is 3. The largest absolute Gasteiger partial charge is 0.507 e. The summed E-state index contributed by atoms with van der Waals surface area (Å²) in [6, 6.07) is 26.1. The van der Waals surface area contributed by atoms with Crippen LogP contribution in [-0.4, -0.2) is 15.3 Å². The zero-order valence-electron chi connectivity index (χ0n) is 21.0. The van der Waals surface area contributed by atoms with Crippen molar-refractivity contribution in [2.45, 2.75) is 27.1 Å².